The number of carboxylic acid groups (broad SMARTS) is 1. The van der Waals surface area contributed by atoms with Crippen molar-refractivity contribution in [1.29, 1.82) is 0 Å². The molecule has 3 aromatic carbocycles. The maximum Gasteiger partial charge on any atom is 0.343 e. The quantitative estimate of drug-likeness (QED) is 0.0643. The van der Waals surface area contributed by atoms with Crippen molar-refractivity contribution in [2.24, 2.45) is 0 Å². The van der Waals surface area contributed by atoms with Gasteiger partial charge in [0.1, 0.15) is 17.2 Å². The molecule has 0 bridgehead atoms. The molecule has 0 fully saturated rings. The highest BCUT2D eigenvalue weighted by molar-refractivity contribution is 5.95. The molecule has 10 nitrogen and oxygen atoms in total. The Kier molecular flexibility index (Phi) is 14.0. The van der Waals surface area contributed by atoms with E-state index in [1.54, 1.807) is 57.2 Å². The average molecular weight is 659 g/mol. The third-order valence-electron chi connectivity index (χ3n) is 7.45. The Morgan fingerprint density at radius 1 is 0.688 bits per heavy atom. The second-order valence-electron chi connectivity index (χ2n) is 11.1. The van der Waals surface area contributed by atoms with Gasteiger partial charge in [0.2, 0.25) is 0 Å². The number of hydrogen-bond donors (Lipinski definition) is 1. The van der Waals surface area contributed by atoms with E-state index >= 15 is 0 Å². The van der Waals surface area contributed by atoms with Gasteiger partial charge in [0.15, 0.2) is 0 Å². The van der Waals surface area contributed by atoms with Crippen molar-refractivity contribution in [3.63, 3.8) is 0 Å². The molecular formula is C38H42O10. The van der Waals surface area contributed by atoms with Crippen LogP contribution in [0.3, 0.4) is 0 Å². The van der Waals surface area contributed by atoms with Gasteiger partial charge < -0.3 is 28.8 Å². The molecular weight excluding hydrogens is 616 g/mol. The summed E-state index contributed by atoms with van der Waals surface area (Å²) in [5.41, 5.74) is 4.46. The Labute approximate surface area is 280 Å². The fourth-order valence-corrected chi connectivity index (χ4v) is 4.91. The van der Waals surface area contributed by atoms with Crippen LogP contribution >= 0.6 is 0 Å². The molecule has 3 aromatic rings. The Hall–Kier alpha value is -5.38. The first kappa shape index (κ1) is 37.1. The van der Waals surface area contributed by atoms with Crippen molar-refractivity contribution in [1.82, 2.24) is 0 Å². The molecule has 0 saturated heterocycles. The summed E-state index contributed by atoms with van der Waals surface area (Å²) in [6, 6.07) is 12.0. The summed E-state index contributed by atoms with van der Waals surface area (Å²) in [4.78, 5) is 47.6. The van der Waals surface area contributed by atoms with Gasteiger partial charge in [-0.25, -0.2) is 19.2 Å². The van der Waals surface area contributed by atoms with Gasteiger partial charge in [0.05, 0.1) is 37.6 Å². The maximum absolute atomic E-state index is 13.2. The molecule has 0 unspecified atom stereocenters. The first-order chi connectivity index (χ1) is 23.0. The molecule has 0 saturated carbocycles. The highest BCUT2D eigenvalue weighted by Crippen LogP contribution is 2.40. The first-order valence-electron chi connectivity index (χ1n) is 15.6. The summed E-state index contributed by atoms with van der Waals surface area (Å²) >= 11 is 0. The second-order valence-corrected chi connectivity index (χ2v) is 11.1. The normalized spacial score (nSPS) is 10.5. The fourth-order valence-electron chi connectivity index (χ4n) is 4.91. The summed E-state index contributed by atoms with van der Waals surface area (Å²) in [6.45, 7) is 15.2. The Morgan fingerprint density at radius 3 is 1.85 bits per heavy atom. The van der Waals surface area contributed by atoms with E-state index in [4.69, 9.17) is 23.7 Å². The zero-order valence-corrected chi connectivity index (χ0v) is 27.9. The Balaban J connectivity index is 1.72. The largest absolute Gasteiger partial charge is 0.494 e. The molecule has 0 amide bonds. The number of carbonyl (C=O) groups is 4. The van der Waals surface area contributed by atoms with Gasteiger partial charge >= 0.3 is 23.9 Å². The van der Waals surface area contributed by atoms with E-state index in [9.17, 15) is 24.3 Å². The smallest absolute Gasteiger partial charge is 0.343 e. The van der Waals surface area contributed by atoms with Crippen LogP contribution in [0.2, 0.25) is 0 Å². The monoisotopic (exact) mass is 658 g/mol. The molecule has 0 aliphatic heterocycles. The van der Waals surface area contributed by atoms with E-state index in [2.05, 4.69) is 13.2 Å². The van der Waals surface area contributed by atoms with Crippen LogP contribution in [-0.4, -0.2) is 55.4 Å². The summed E-state index contributed by atoms with van der Waals surface area (Å²) in [5.74, 6) is -0.984. The van der Waals surface area contributed by atoms with Crippen LogP contribution in [-0.2, 0) is 19.1 Å². The zero-order valence-electron chi connectivity index (χ0n) is 27.9. The SMILES string of the molecule is C=CC(=O)OCCCCOc1ccc(C(=O)Oc2ccc(-c3c(C)c(C(=O)O)cc(C)c3OCCCCOC(=O)C=C)cc2C)c(C)c1. The van der Waals surface area contributed by atoms with Crippen LogP contribution in [0, 0.1) is 27.7 Å². The lowest BCUT2D eigenvalue weighted by Gasteiger charge is -2.20. The van der Waals surface area contributed by atoms with Crippen LogP contribution in [0.4, 0.5) is 0 Å². The van der Waals surface area contributed by atoms with E-state index in [-0.39, 0.29) is 12.2 Å². The van der Waals surface area contributed by atoms with Crippen molar-refractivity contribution >= 4 is 23.9 Å². The predicted octanol–water partition coefficient (Wildman–Crippen LogP) is 7.28. The van der Waals surface area contributed by atoms with E-state index in [0.717, 1.165) is 12.2 Å². The number of hydrogen-bond acceptors (Lipinski definition) is 9. The summed E-state index contributed by atoms with van der Waals surface area (Å²) < 4.78 is 27.7. The molecule has 48 heavy (non-hydrogen) atoms. The number of ether oxygens (including phenoxy) is 5. The van der Waals surface area contributed by atoms with E-state index in [0.29, 0.717) is 102 Å². The van der Waals surface area contributed by atoms with Gasteiger partial charge in [0.25, 0.3) is 0 Å². The van der Waals surface area contributed by atoms with Crippen molar-refractivity contribution in [2.45, 2.75) is 53.4 Å². The average Bonchev–Trinajstić information content (AvgIpc) is 3.05. The molecule has 1 N–H and O–H groups in total. The molecule has 0 spiro atoms. The van der Waals surface area contributed by atoms with E-state index < -0.39 is 23.9 Å². The zero-order chi connectivity index (χ0) is 35.2. The minimum absolute atomic E-state index is 0.163. The van der Waals surface area contributed by atoms with Crippen molar-refractivity contribution in [2.75, 3.05) is 26.4 Å². The molecule has 10 heteroatoms. The van der Waals surface area contributed by atoms with Crippen LogP contribution < -0.4 is 14.2 Å². The standard InChI is InChI=1S/C38H42O10/c1-7-33(39)45-18-10-9-17-44-29-14-15-30(24(3)22-29)38(43)48-32-16-13-28(21-25(32)4)35-27(6)31(37(41)42)23-26(5)36(35)47-20-12-11-19-46-34(40)8-2/h7-8,13-16,21-23H,1-2,9-12,17-20H2,3-6H3,(H,41,42). The minimum Gasteiger partial charge on any atom is -0.494 e. The molecule has 0 aromatic heterocycles. The molecule has 0 heterocycles. The number of aryl methyl sites for hydroxylation is 3. The van der Waals surface area contributed by atoms with Crippen LogP contribution in [0.1, 0.15) is 68.7 Å². The van der Waals surface area contributed by atoms with Crippen molar-refractivity contribution in [3.8, 4) is 28.4 Å². The highest BCUT2D eigenvalue weighted by Gasteiger charge is 2.21. The lowest BCUT2D eigenvalue weighted by molar-refractivity contribution is -0.138. The molecule has 254 valence electrons. The van der Waals surface area contributed by atoms with E-state index in [1.807, 2.05) is 13.0 Å². The number of esters is 3. The number of benzene rings is 3. The van der Waals surface area contributed by atoms with Gasteiger partial charge in [-0.05, 0) is 118 Å². The highest BCUT2D eigenvalue weighted by atomic mass is 16.5. The molecule has 0 radical (unpaired) electrons. The van der Waals surface area contributed by atoms with E-state index in [1.165, 1.54) is 0 Å². The summed E-state index contributed by atoms with van der Waals surface area (Å²) in [5, 5.41) is 9.86. The maximum atomic E-state index is 13.2. The second kappa shape index (κ2) is 18.1. The van der Waals surface area contributed by atoms with Gasteiger partial charge in [-0.3, -0.25) is 0 Å². The predicted molar refractivity (Wildman–Crippen MR) is 181 cm³/mol. The van der Waals surface area contributed by atoms with Crippen molar-refractivity contribution in [3.05, 3.63) is 101 Å². The summed E-state index contributed by atoms with van der Waals surface area (Å²) in [7, 11) is 0. The van der Waals surface area contributed by atoms with Crippen LogP contribution in [0.15, 0.2) is 67.8 Å². The molecule has 0 aliphatic carbocycles. The van der Waals surface area contributed by atoms with Crippen LogP contribution in [0.25, 0.3) is 11.1 Å². The summed E-state index contributed by atoms with van der Waals surface area (Å²) in [6.07, 6.45) is 4.77. The number of aromatic carboxylic acids is 1. The van der Waals surface area contributed by atoms with Gasteiger partial charge in [-0.15, -0.1) is 0 Å². The third kappa shape index (κ3) is 10.3. The Bertz CT molecular complexity index is 1670. The van der Waals surface area contributed by atoms with Gasteiger partial charge in [-0.2, -0.15) is 0 Å². The fraction of sp³-hybridized carbons (Fsp3) is 0.316. The minimum atomic E-state index is -1.05. The Morgan fingerprint density at radius 2 is 1.29 bits per heavy atom. The number of unbranched alkanes of at least 4 members (excludes halogenated alkanes) is 2. The number of rotatable bonds is 18. The number of carboxylic acids is 1. The van der Waals surface area contributed by atoms with Gasteiger partial charge in [0, 0.05) is 17.7 Å². The molecule has 3 rings (SSSR count). The topological polar surface area (TPSA) is 135 Å². The number of carbonyl (C=O) groups excluding carboxylic acids is 3. The lowest BCUT2D eigenvalue weighted by Crippen LogP contribution is -2.11. The van der Waals surface area contributed by atoms with Gasteiger partial charge in [-0.1, -0.05) is 19.2 Å². The molecule has 0 aliphatic rings. The molecule has 0 atom stereocenters. The first-order valence-corrected chi connectivity index (χ1v) is 15.6. The van der Waals surface area contributed by atoms with Crippen molar-refractivity contribution < 1.29 is 48.0 Å². The van der Waals surface area contributed by atoms with Crippen LogP contribution in [0.5, 0.6) is 17.2 Å². The third-order valence-corrected chi connectivity index (χ3v) is 7.45. The lowest BCUT2D eigenvalue weighted by atomic mass is 9.91.